The first-order valence-corrected chi connectivity index (χ1v) is 10.5. The quantitative estimate of drug-likeness (QED) is 0.823. The van der Waals surface area contributed by atoms with E-state index in [-0.39, 0.29) is 5.91 Å². The van der Waals surface area contributed by atoms with E-state index in [0.717, 1.165) is 27.1 Å². The molecular weight excluding hydrogens is 326 g/mol. The monoisotopic (exact) mass is 351 g/mol. The highest BCUT2D eigenvalue weighted by molar-refractivity contribution is 8.01. The van der Waals surface area contributed by atoms with Crippen molar-refractivity contribution in [2.45, 2.75) is 62.8 Å². The number of rotatable bonds is 5. The van der Waals surface area contributed by atoms with Crippen LogP contribution >= 0.6 is 23.1 Å². The molecule has 4 aliphatic carbocycles. The zero-order valence-corrected chi connectivity index (χ0v) is 15.5. The van der Waals surface area contributed by atoms with Gasteiger partial charge in [0.15, 0.2) is 4.34 Å². The van der Waals surface area contributed by atoms with Gasteiger partial charge in [-0.05, 0) is 75.5 Å². The molecule has 1 heterocycles. The number of carbonyl (C=O) groups is 1. The molecule has 4 fully saturated rings. The van der Waals surface area contributed by atoms with Crippen LogP contribution in [-0.2, 0) is 4.79 Å². The molecular formula is C17H25N3OS2. The molecule has 4 aliphatic rings. The maximum atomic E-state index is 12.4. The van der Waals surface area contributed by atoms with E-state index in [9.17, 15) is 4.79 Å². The van der Waals surface area contributed by atoms with Crippen LogP contribution in [-0.4, -0.2) is 27.9 Å². The topological polar surface area (TPSA) is 54.9 Å². The van der Waals surface area contributed by atoms with Crippen molar-refractivity contribution in [2.75, 3.05) is 5.75 Å². The number of aromatic nitrogens is 2. The minimum absolute atomic E-state index is 0.145. The molecule has 0 radical (unpaired) electrons. The van der Waals surface area contributed by atoms with E-state index in [1.165, 1.54) is 50.3 Å². The van der Waals surface area contributed by atoms with E-state index >= 15 is 0 Å². The number of aryl methyl sites for hydroxylation is 1. The number of thioether (sulfide) groups is 1. The van der Waals surface area contributed by atoms with Crippen molar-refractivity contribution in [1.29, 1.82) is 0 Å². The first-order chi connectivity index (χ1) is 11.0. The normalized spacial score (nSPS) is 36.2. The van der Waals surface area contributed by atoms with Crippen LogP contribution in [0.1, 0.15) is 50.5 Å². The summed E-state index contributed by atoms with van der Waals surface area (Å²) >= 11 is 3.06. The van der Waals surface area contributed by atoms with Crippen LogP contribution < -0.4 is 5.32 Å². The summed E-state index contributed by atoms with van der Waals surface area (Å²) in [5, 5.41) is 12.3. The molecule has 1 amide bonds. The second kappa shape index (κ2) is 6.03. The van der Waals surface area contributed by atoms with Crippen molar-refractivity contribution in [2.24, 2.45) is 23.2 Å². The summed E-state index contributed by atoms with van der Waals surface area (Å²) in [5.74, 6) is 3.38. The third-order valence-corrected chi connectivity index (χ3v) is 8.19. The van der Waals surface area contributed by atoms with Crippen molar-refractivity contribution >= 4 is 29.0 Å². The lowest BCUT2D eigenvalue weighted by molar-refractivity contribution is -0.123. The van der Waals surface area contributed by atoms with Gasteiger partial charge in [0.1, 0.15) is 5.01 Å². The molecule has 1 unspecified atom stereocenters. The first-order valence-electron chi connectivity index (χ1n) is 8.75. The van der Waals surface area contributed by atoms with Gasteiger partial charge in [-0.1, -0.05) is 23.1 Å². The van der Waals surface area contributed by atoms with Crippen molar-refractivity contribution in [1.82, 2.24) is 15.5 Å². The largest absolute Gasteiger partial charge is 0.352 e. The van der Waals surface area contributed by atoms with E-state index in [1.807, 2.05) is 6.92 Å². The maximum Gasteiger partial charge on any atom is 0.230 e. The lowest BCUT2D eigenvalue weighted by Crippen LogP contribution is -2.56. The van der Waals surface area contributed by atoms with Crippen LogP contribution in [0.25, 0.3) is 0 Å². The average molecular weight is 352 g/mol. The Morgan fingerprint density at radius 3 is 2.39 bits per heavy atom. The van der Waals surface area contributed by atoms with E-state index in [0.29, 0.717) is 17.2 Å². The van der Waals surface area contributed by atoms with Crippen LogP contribution in [0.5, 0.6) is 0 Å². The predicted molar refractivity (Wildman–Crippen MR) is 93.6 cm³/mol. The third-order valence-electron chi connectivity index (χ3n) is 6.22. The number of amides is 1. The molecule has 0 saturated heterocycles. The van der Waals surface area contributed by atoms with Gasteiger partial charge in [-0.15, -0.1) is 10.2 Å². The summed E-state index contributed by atoms with van der Waals surface area (Å²) in [7, 11) is 0. The van der Waals surface area contributed by atoms with Gasteiger partial charge >= 0.3 is 0 Å². The Hall–Kier alpha value is -0.620. The minimum atomic E-state index is 0.145. The lowest BCUT2D eigenvalue weighted by atomic mass is 9.48. The Bertz CT molecular complexity index is 565. The van der Waals surface area contributed by atoms with Gasteiger partial charge in [-0.2, -0.15) is 0 Å². The molecule has 126 valence electrons. The predicted octanol–water partition coefficient (Wildman–Crippen LogP) is 3.66. The summed E-state index contributed by atoms with van der Waals surface area (Å²) < 4.78 is 0.889. The van der Waals surface area contributed by atoms with Crippen LogP contribution in [0.15, 0.2) is 4.34 Å². The fraction of sp³-hybridized carbons (Fsp3) is 0.824. The Labute approximate surface area is 146 Å². The van der Waals surface area contributed by atoms with Gasteiger partial charge in [0.2, 0.25) is 5.91 Å². The van der Waals surface area contributed by atoms with Gasteiger partial charge in [-0.25, -0.2) is 0 Å². The molecule has 4 bridgehead atoms. The number of hydrogen-bond acceptors (Lipinski definition) is 5. The second-order valence-electron chi connectivity index (χ2n) is 7.94. The van der Waals surface area contributed by atoms with Gasteiger partial charge < -0.3 is 5.32 Å². The molecule has 0 spiro atoms. The molecule has 6 heteroatoms. The average Bonchev–Trinajstić information content (AvgIpc) is 2.89. The Morgan fingerprint density at radius 2 is 1.87 bits per heavy atom. The fourth-order valence-electron chi connectivity index (χ4n) is 5.61. The van der Waals surface area contributed by atoms with E-state index in [4.69, 9.17) is 0 Å². The maximum absolute atomic E-state index is 12.4. The van der Waals surface area contributed by atoms with Gasteiger partial charge in [0, 0.05) is 6.04 Å². The Balaban J connectivity index is 1.34. The van der Waals surface area contributed by atoms with Crippen LogP contribution in [0.3, 0.4) is 0 Å². The summed E-state index contributed by atoms with van der Waals surface area (Å²) in [6.45, 7) is 4.18. The van der Waals surface area contributed by atoms with Gasteiger partial charge in [0.25, 0.3) is 0 Å². The van der Waals surface area contributed by atoms with Crippen molar-refractivity contribution < 1.29 is 4.79 Å². The Morgan fingerprint density at radius 1 is 1.26 bits per heavy atom. The zero-order chi connectivity index (χ0) is 16.0. The number of nitrogens with one attached hydrogen (secondary N) is 1. The SMILES string of the molecule is Cc1nnc(SCC(=O)NC(C)C23CC4CC(CC(C4)C2)C3)s1. The molecule has 0 aliphatic heterocycles. The van der Waals surface area contributed by atoms with Crippen molar-refractivity contribution in [3.05, 3.63) is 5.01 Å². The van der Waals surface area contributed by atoms with Crippen molar-refractivity contribution in [3.63, 3.8) is 0 Å². The molecule has 0 aromatic carbocycles. The standard InChI is InChI=1S/C17H25N3OS2/c1-10(18-15(21)9-22-16-20-19-11(2)23-16)17-6-12-3-13(7-17)5-14(4-12)8-17/h10,12-14H,3-9H2,1-2H3,(H,18,21). The number of carbonyl (C=O) groups excluding carboxylic acids is 1. The summed E-state index contributed by atoms with van der Waals surface area (Å²) in [6, 6.07) is 0.306. The molecule has 1 aromatic rings. The summed E-state index contributed by atoms with van der Waals surface area (Å²) in [5.41, 5.74) is 0.383. The van der Waals surface area contributed by atoms with Crippen LogP contribution in [0, 0.1) is 30.1 Å². The number of hydrogen-bond donors (Lipinski definition) is 1. The first kappa shape index (κ1) is 15.9. The smallest absolute Gasteiger partial charge is 0.230 e. The molecule has 1 aromatic heterocycles. The second-order valence-corrected chi connectivity index (χ2v) is 10.3. The molecule has 4 nitrogen and oxygen atoms in total. The summed E-state index contributed by atoms with van der Waals surface area (Å²) in [4.78, 5) is 12.4. The van der Waals surface area contributed by atoms with Gasteiger partial charge in [-0.3, -0.25) is 4.79 Å². The third kappa shape index (κ3) is 3.16. The van der Waals surface area contributed by atoms with Crippen LogP contribution in [0.4, 0.5) is 0 Å². The Kier molecular flexibility index (Phi) is 4.16. The van der Waals surface area contributed by atoms with E-state index < -0.39 is 0 Å². The van der Waals surface area contributed by atoms with Crippen molar-refractivity contribution in [3.8, 4) is 0 Å². The lowest BCUT2D eigenvalue weighted by Gasteiger charge is -2.59. The highest BCUT2D eigenvalue weighted by Crippen LogP contribution is 2.61. The fourth-order valence-corrected chi connectivity index (χ4v) is 7.23. The van der Waals surface area contributed by atoms with Gasteiger partial charge in [0.05, 0.1) is 5.75 Å². The van der Waals surface area contributed by atoms with Crippen LogP contribution in [0.2, 0.25) is 0 Å². The molecule has 1 N–H and O–H groups in total. The zero-order valence-electron chi connectivity index (χ0n) is 13.9. The van der Waals surface area contributed by atoms with E-state index in [1.54, 1.807) is 11.3 Å². The molecule has 5 rings (SSSR count). The minimum Gasteiger partial charge on any atom is -0.352 e. The summed E-state index contributed by atoms with van der Waals surface area (Å²) in [6.07, 6.45) is 8.36. The molecule has 4 saturated carbocycles. The highest BCUT2D eigenvalue weighted by atomic mass is 32.2. The molecule has 23 heavy (non-hydrogen) atoms. The van der Waals surface area contributed by atoms with E-state index in [2.05, 4.69) is 22.4 Å². The highest BCUT2D eigenvalue weighted by Gasteiger charge is 2.53. The molecule has 1 atom stereocenters. The number of nitrogens with zero attached hydrogens (tertiary/aromatic N) is 2.